The molecule has 0 heterocycles. The van der Waals surface area contributed by atoms with Crippen LogP contribution in [0, 0.1) is 19.7 Å². The van der Waals surface area contributed by atoms with E-state index in [4.69, 9.17) is 0 Å². The maximum atomic E-state index is 13.1. The maximum Gasteiger partial charge on any atom is 0.264 e. The van der Waals surface area contributed by atoms with Gasteiger partial charge in [-0.3, -0.25) is 9.10 Å². The molecule has 3 aromatic carbocycles. The highest BCUT2D eigenvalue weighted by Gasteiger charge is 2.22. The summed E-state index contributed by atoms with van der Waals surface area (Å²) in [6.45, 7) is 3.85. The van der Waals surface area contributed by atoms with E-state index in [-0.39, 0.29) is 10.5 Å². The number of rotatable bonds is 5. The van der Waals surface area contributed by atoms with Crippen molar-refractivity contribution in [2.75, 3.05) is 16.7 Å². The first-order chi connectivity index (χ1) is 13.7. The van der Waals surface area contributed by atoms with Crippen LogP contribution in [0.2, 0.25) is 0 Å². The van der Waals surface area contributed by atoms with Crippen LogP contribution in [0.4, 0.5) is 15.8 Å². The number of halogens is 1. The lowest BCUT2D eigenvalue weighted by molar-refractivity contribution is 0.102. The number of amides is 1. The van der Waals surface area contributed by atoms with Crippen molar-refractivity contribution in [1.82, 2.24) is 0 Å². The molecule has 3 aromatic rings. The number of carbonyl (C=O) groups is 1. The van der Waals surface area contributed by atoms with Gasteiger partial charge in [-0.1, -0.05) is 18.2 Å². The van der Waals surface area contributed by atoms with E-state index in [1.165, 1.54) is 49.5 Å². The monoisotopic (exact) mass is 412 g/mol. The van der Waals surface area contributed by atoms with Crippen molar-refractivity contribution in [3.8, 4) is 0 Å². The van der Waals surface area contributed by atoms with Crippen LogP contribution in [0.5, 0.6) is 0 Å². The first-order valence-corrected chi connectivity index (χ1v) is 10.4. The van der Waals surface area contributed by atoms with Crippen LogP contribution < -0.4 is 9.62 Å². The van der Waals surface area contributed by atoms with E-state index >= 15 is 0 Å². The van der Waals surface area contributed by atoms with Crippen molar-refractivity contribution in [2.45, 2.75) is 18.7 Å². The van der Waals surface area contributed by atoms with Gasteiger partial charge in [0.25, 0.3) is 15.9 Å². The van der Waals surface area contributed by atoms with Gasteiger partial charge in [-0.25, -0.2) is 12.8 Å². The molecule has 0 atom stereocenters. The van der Waals surface area contributed by atoms with Gasteiger partial charge in [-0.15, -0.1) is 0 Å². The fourth-order valence-electron chi connectivity index (χ4n) is 2.83. The molecule has 0 saturated carbocycles. The van der Waals surface area contributed by atoms with E-state index in [2.05, 4.69) is 5.32 Å². The number of nitrogens with zero attached hydrogens (tertiary/aromatic N) is 1. The third kappa shape index (κ3) is 4.30. The van der Waals surface area contributed by atoms with Crippen molar-refractivity contribution in [3.63, 3.8) is 0 Å². The maximum absolute atomic E-state index is 13.1. The minimum Gasteiger partial charge on any atom is -0.322 e. The normalized spacial score (nSPS) is 11.2. The Morgan fingerprint density at radius 3 is 2.31 bits per heavy atom. The van der Waals surface area contributed by atoms with Crippen molar-refractivity contribution >= 4 is 27.3 Å². The van der Waals surface area contributed by atoms with Crippen LogP contribution in [0.25, 0.3) is 0 Å². The van der Waals surface area contributed by atoms with Crippen LogP contribution in [-0.4, -0.2) is 21.4 Å². The molecule has 0 unspecified atom stereocenters. The highest BCUT2D eigenvalue weighted by atomic mass is 32.2. The minimum atomic E-state index is -3.92. The van der Waals surface area contributed by atoms with Crippen molar-refractivity contribution in [1.29, 1.82) is 0 Å². The number of sulfonamides is 1. The summed E-state index contributed by atoms with van der Waals surface area (Å²) in [4.78, 5) is 12.6. The fraction of sp³-hybridized carbons (Fsp3) is 0.136. The first kappa shape index (κ1) is 20.5. The molecule has 5 nitrogen and oxygen atoms in total. The molecule has 0 radical (unpaired) electrons. The summed E-state index contributed by atoms with van der Waals surface area (Å²) in [5.41, 5.74) is 3.20. The Morgan fingerprint density at radius 1 is 0.966 bits per heavy atom. The fourth-order valence-corrected chi connectivity index (χ4v) is 4.07. The van der Waals surface area contributed by atoms with Gasteiger partial charge in [0.15, 0.2) is 0 Å². The number of anilines is 2. The third-order valence-corrected chi connectivity index (χ3v) is 6.58. The number of aryl methyl sites for hydroxylation is 1. The highest BCUT2D eigenvalue weighted by Crippen LogP contribution is 2.24. The second-order valence-electron chi connectivity index (χ2n) is 6.68. The number of hydrogen-bond acceptors (Lipinski definition) is 3. The molecule has 29 heavy (non-hydrogen) atoms. The Balaban J connectivity index is 1.89. The Morgan fingerprint density at radius 2 is 1.62 bits per heavy atom. The topological polar surface area (TPSA) is 66.5 Å². The molecule has 0 aliphatic carbocycles. The van der Waals surface area contributed by atoms with Crippen LogP contribution in [0.3, 0.4) is 0 Å². The molecule has 150 valence electrons. The van der Waals surface area contributed by atoms with Gasteiger partial charge >= 0.3 is 0 Å². The average Bonchev–Trinajstić information content (AvgIpc) is 2.71. The summed E-state index contributed by atoms with van der Waals surface area (Å²) in [6.07, 6.45) is 0. The summed E-state index contributed by atoms with van der Waals surface area (Å²) in [5, 5.41) is 2.82. The molecule has 0 spiro atoms. The molecular weight excluding hydrogens is 391 g/mol. The van der Waals surface area contributed by atoms with Gasteiger partial charge in [-0.2, -0.15) is 0 Å². The molecule has 0 aliphatic rings. The molecule has 0 fully saturated rings. The quantitative estimate of drug-likeness (QED) is 0.670. The molecule has 0 bridgehead atoms. The second-order valence-corrected chi connectivity index (χ2v) is 8.65. The van der Waals surface area contributed by atoms with Gasteiger partial charge in [0.05, 0.1) is 10.6 Å². The predicted octanol–water partition coefficient (Wildman–Crippen LogP) is 4.52. The molecule has 3 rings (SSSR count). The van der Waals surface area contributed by atoms with E-state index in [9.17, 15) is 17.6 Å². The summed E-state index contributed by atoms with van der Waals surface area (Å²) in [6, 6.07) is 16.5. The zero-order chi connectivity index (χ0) is 21.2. The van der Waals surface area contributed by atoms with Crippen LogP contribution in [-0.2, 0) is 10.0 Å². The van der Waals surface area contributed by atoms with Gasteiger partial charge < -0.3 is 5.32 Å². The van der Waals surface area contributed by atoms with Gasteiger partial charge in [0.2, 0.25) is 0 Å². The van der Waals surface area contributed by atoms with Crippen LogP contribution >= 0.6 is 0 Å². The predicted molar refractivity (Wildman–Crippen MR) is 112 cm³/mol. The average molecular weight is 412 g/mol. The van der Waals surface area contributed by atoms with Crippen LogP contribution in [0.15, 0.2) is 71.6 Å². The van der Waals surface area contributed by atoms with Gasteiger partial charge in [-0.05, 0) is 73.5 Å². The molecule has 0 aliphatic heterocycles. The lowest BCUT2D eigenvalue weighted by Crippen LogP contribution is -2.27. The number of carbonyl (C=O) groups excluding carboxylic acids is 1. The Bertz CT molecular complexity index is 1160. The summed E-state index contributed by atoms with van der Waals surface area (Å²) in [5.74, 6) is -0.857. The number of nitrogens with one attached hydrogen (secondary N) is 1. The Kier molecular flexibility index (Phi) is 5.70. The van der Waals surface area contributed by atoms with E-state index in [0.29, 0.717) is 11.4 Å². The molecule has 7 heteroatoms. The van der Waals surface area contributed by atoms with E-state index in [1.54, 1.807) is 12.1 Å². The van der Waals surface area contributed by atoms with E-state index in [0.717, 1.165) is 15.4 Å². The molecule has 0 aromatic heterocycles. The largest absolute Gasteiger partial charge is 0.322 e. The summed E-state index contributed by atoms with van der Waals surface area (Å²) < 4.78 is 40.1. The highest BCUT2D eigenvalue weighted by molar-refractivity contribution is 7.92. The Hall–Kier alpha value is -3.19. The van der Waals surface area contributed by atoms with Crippen LogP contribution in [0.1, 0.15) is 21.5 Å². The summed E-state index contributed by atoms with van der Waals surface area (Å²) >= 11 is 0. The van der Waals surface area contributed by atoms with Crippen molar-refractivity contribution in [2.24, 2.45) is 0 Å². The molecule has 1 amide bonds. The standard InChI is InChI=1S/C22H21FN2O3S/c1-15-6-4-9-21(16(15)2)24-22(26)17-7-5-8-20(14-17)29(27,28)25(3)19-12-10-18(23)11-13-19/h4-14H,1-3H3,(H,24,26). The van der Waals surface area contributed by atoms with Gasteiger partial charge in [0.1, 0.15) is 5.82 Å². The summed E-state index contributed by atoms with van der Waals surface area (Å²) in [7, 11) is -2.54. The third-order valence-electron chi connectivity index (χ3n) is 4.80. The first-order valence-electron chi connectivity index (χ1n) is 8.92. The SMILES string of the molecule is Cc1cccc(NC(=O)c2cccc(S(=O)(=O)N(C)c3ccc(F)cc3)c2)c1C. The number of benzene rings is 3. The van der Waals surface area contributed by atoms with Crippen molar-refractivity contribution in [3.05, 3.63) is 89.2 Å². The molecule has 1 N–H and O–H groups in total. The van der Waals surface area contributed by atoms with Gasteiger partial charge in [0, 0.05) is 18.3 Å². The van der Waals surface area contributed by atoms with E-state index < -0.39 is 21.7 Å². The smallest absolute Gasteiger partial charge is 0.264 e. The molecule has 0 saturated heterocycles. The molecular formula is C22H21FN2O3S. The zero-order valence-electron chi connectivity index (χ0n) is 16.3. The minimum absolute atomic E-state index is 0.0297. The lowest BCUT2D eigenvalue weighted by atomic mass is 10.1. The number of hydrogen-bond donors (Lipinski definition) is 1. The lowest BCUT2D eigenvalue weighted by Gasteiger charge is -2.20. The van der Waals surface area contributed by atoms with E-state index in [1.807, 2.05) is 26.0 Å². The van der Waals surface area contributed by atoms with Crippen molar-refractivity contribution < 1.29 is 17.6 Å². The Labute approximate surface area is 169 Å². The zero-order valence-corrected chi connectivity index (χ0v) is 17.1. The second kappa shape index (κ2) is 8.05.